The van der Waals surface area contributed by atoms with Gasteiger partial charge in [-0.2, -0.15) is 0 Å². The molecule has 2 saturated carbocycles. The van der Waals surface area contributed by atoms with E-state index in [1.165, 1.54) is 19.3 Å². The summed E-state index contributed by atoms with van der Waals surface area (Å²) < 4.78 is 0. The van der Waals surface area contributed by atoms with E-state index in [-0.39, 0.29) is 5.41 Å². The molecule has 0 aromatic carbocycles. The van der Waals surface area contributed by atoms with Crippen LogP contribution in [0.3, 0.4) is 0 Å². The fraction of sp³-hybridized carbons (Fsp3) is 0.909. The number of hydrogen-bond acceptors (Lipinski definition) is 2. The molecule has 2 aliphatic rings. The van der Waals surface area contributed by atoms with Crippen LogP contribution in [-0.4, -0.2) is 12.3 Å². The molecule has 0 aliphatic heterocycles. The molecule has 0 saturated heterocycles. The Kier molecular flexibility index (Phi) is 2.41. The first-order valence-corrected chi connectivity index (χ1v) is 5.53. The summed E-state index contributed by atoms with van der Waals surface area (Å²) >= 11 is 0. The summed E-state index contributed by atoms with van der Waals surface area (Å²) in [5.41, 5.74) is 5.64. The van der Waals surface area contributed by atoms with E-state index in [2.05, 4.69) is 0 Å². The number of hydrogen-bond donors (Lipinski definition) is 1. The Balaban J connectivity index is 2.01. The lowest BCUT2D eigenvalue weighted by atomic mass is 9.63. The maximum atomic E-state index is 12.1. The highest BCUT2D eigenvalue weighted by atomic mass is 16.1. The predicted molar refractivity (Wildman–Crippen MR) is 52.3 cm³/mol. The van der Waals surface area contributed by atoms with Crippen molar-refractivity contribution < 1.29 is 4.79 Å². The van der Waals surface area contributed by atoms with Crippen molar-refractivity contribution in [1.29, 1.82) is 0 Å². The van der Waals surface area contributed by atoms with E-state index < -0.39 is 0 Å². The van der Waals surface area contributed by atoms with E-state index in [1.807, 2.05) is 0 Å². The minimum absolute atomic E-state index is 0.0744. The quantitative estimate of drug-likeness (QED) is 0.722. The molecule has 0 spiro atoms. The van der Waals surface area contributed by atoms with E-state index in [1.54, 1.807) is 0 Å². The standard InChI is InChI=1S/C11H19NO/c12-8-11(6-3-7-11)10(13)9-4-1-2-5-9/h9H,1-8,12H2. The van der Waals surface area contributed by atoms with Gasteiger partial charge in [-0.3, -0.25) is 4.79 Å². The smallest absolute Gasteiger partial charge is 0.143 e. The summed E-state index contributed by atoms with van der Waals surface area (Å²) in [6.45, 7) is 0.586. The van der Waals surface area contributed by atoms with Crippen LogP contribution in [0.1, 0.15) is 44.9 Å². The third-order valence-corrected chi connectivity index (χ3v) is 3.95. The van der Waals surface area contributed by atoms with Crippen molar-refractivity contribution >= 4 is 5.78 Å². The van der Waals surface area contributed by atoms with Gasteiger partial charge in [-0.15, -0.1) is 0 Å². The van der Waals surface area contributed by atoms with Crippen molar-refractivity contribution in [2.45, 2.75) is 44.9 Å². The Labute approximate surface area is 79.9 Å². The number of nitrogens with two attached hydrogens (primary N) is 1. The number of ketones is 1. The fourth-order valence-corrected chi connectivity index (χ4v) is 2.78. The van der Waals surface area contributed by atoms with Gasteiger partial charge in [-0.25, -0.2) is 0 Å². The third kappa shape index (κ3) is 1.41. The summed E-state index contributed by atoms with van der Waals surface area (Å²) in [6.07, 6.45) is 8.06. The molecule has 0 amide bonds. The molecule has 0 heterocycles. The molecule has 0 unspecified atom stereocenters. The largest absolute Gasteiger partial charge is 0.329 e. The number of carbonyl (C=O) groups is 1. The second kappa shape index (κ2) is 3.41. The van der Waals surface area contributed by atoms with Crippen LogP contribution in [0.2, 0.25) is 0 Å². The molecule has 0 aromatic rings. The van der Waals surface area contributed by atoms with Gasteiger partial charge < -0.3 is 5.73 Å². The van der Waals surface area contributed by atoms with Crippen LogP contribution in [0, 0.1) is 11.3 Å². The maximum absolute atomic E-state index is 12.1. The third-order valence-electron chi connectivity index (χ3n) is 3.95. The minimum atomic E-state index is -0.0744. The molecule has 2 heteroatoms. The summed E-state index contributed by atoms with van der Waals surface area (Å²) in [4.78, 5) is 12.1. The van der Waals surface area contributed by atoms with Crippen LogP contribution in [0.25, 0.3) is 0 Å². The fourth-order valence-electron chi connectivity index (χ4n) is 2.78. The van der Waals surface area contributed by atoms with Crippen molar-refractivity contribution in [3.63, 3.8) is 0 Å². The van der Waals surface area contributed by atoms with Crippen molar-refractivity contribution in [1.82, 2.24) is 0 Å². The van der Waals surface area contributed by atoms with E-state index in [0.29, 0.717) is 18.2 Å². The van der Waals surface area contributed by atoms with Crippen LogP contribution in [0.5, 0.6) is 0 Å². The molecule has 2 aliphatic carbocycles. The molecular weight excluding hydrogens is 162 g/mol. The Bertz CT molecular complexity index is 197. The lowest BCUT2D eigenvalue weighted by Gasteiger charge is -2.41. The lowest BCUT2D eigenvalue weighted by molar-refractivity contribution is -0.136. The zero-order valence-electron chi connectivity index (χ0n) is 8.22. The number of Topliss-reactive ketones (excluding diaryl/α,β-unsaturated/α-hetero) is 1. The van der Waals surface area contributed by atoms with Crippen LogP contribution >= 0.6 is 0 Å². The van der Waals surface area contributed by atoms with Gasteiger partial charge in [0, 0.05) is 17.9 Å². The predicted octanol–water partition coefficient (Wildman–Crippen LogP) is 1.87. The van der Waals surface area contributed by atoms with E-state index in [9.17, 15) is 4.79 Å². The molecule has 74 valence electrons. The minimum Gasteiger partial charge on any atom is -0.329 e. The first-order valence-electron chi connectivity index (χ1n) is 5.53. The monoisotopic (exact) mass is 181 g/mol. The Morgan fingerprint density at radius 1 is 1.23 bits per heavy atom. The first kappa shape index (κ1) is 9.20. The normalized spacial score (nSPS) is 27.2. The van der Waals surface area contributed by atoms with Crippen molar-refractivity contribution in [3.05, 3.63) is 0 Å². The van der Waals surface area contributed by atoms with Gasteiger partial charge in [0.25, 0.3) is 0 Å². The highest BCUT2D eigenvalue weighted by Gasteiger charge is 2.45. The zero-order chi connectivity index (χ0) is 9.31. The molecule has 13 heavy (non-hydrogen) atoms. The zero-order valence-corrected chi connectivity index (χ0v) is 8.22. The van der Waals surface area contributed by atoms with Crippen LogP contribution in [0.15, 0.2) is 0 Å². The Hall–Kier alpha value is -0.370. The summed E-state index contributed by atoms with van der Waals surface area (Å²) in [6, 6.07) is 0. The average molecular weight is 181 g/mol. The van der Waals surface area contributed by atoms with Crippen molar-refractivity contribution in [3.8, 4) is 0 Å². The van der Waals surface area contributed by atoms with E-state index >= 15 is 0 Å². The average Bonchev–Trinajstić information content (AvgIpc) is 2.54. The summed E-state index contributed by atoms with van der Waals surface area (Å²) in [7, 11) is 0. The maximum Gasteiger partial charge on any atom is 0.143 e. The molecule has 2 N–H and O–H groups in total. The van der Waals surface area contributed by atoms with Gasteiger partial charge in [0.15, 0.2) is 0 Å². The summed E-state index contributed by atoms with van der Waals surface area (Å²) in [5.74, 6) is 0.864. The number of carbonyl (C=O) groups excluding carboxylic acids is 1. The van der Waals surface area contributed by atoms with Gasteiger partial charge in [0.2, 0.25) is 0 Å². The van der Waals surface area contributed by atoms with E-state index in [4.69, 9.17) is 5.73 Å². The first-order chi connectivity index (χ1) is 6.28. The van der Waals surface area contributed by atoms with E-state index in [0.717, 1.165) is 25.7 Å². The molecular formula is C11H19NO. The molecule has 0 atom stereocenters. The summed E-state index contributed by atoms with van der Waals surface area (Å²) in [5, 5.41) is 0. The second-order valence-electron chi connectivity index (χ2n) is 4.68. The van der Waals surface area contributed by atoms with Gasteiger partial charge in [0.05, 0.1) is 0 Å². The SMILES string of the molecule is NCC1(C(=O)C2CCCC2)CCC1. The van der Waals surface area contributed by atoms with Crippen molar-refractivity contribution in [2.24, 2.45) is 17.1 Å². The van der Waals surface area contributed by atoms with Crippen LogP contribution in [0.4, 0.5) is 0 Å². The Morgan fingerprint density at radius 3 is 2.23 bits per heavy atom. The molecule has 0 bridgehead atoms. The molecule has 0 aromatic heterocycles. The molecule has 0 radical (unpaired) electrons. The lowest BCUT2D eigenvalue weighted by Crippen LogP contribution is -2.46. The Morgan fingerprint density at radius 2 is 1.85 bits per heavy atom. The van der Waals surface area contributed by atoms with Gasteiger partial charge in [-0.1, -0.05) is 19.3 Å². The molecule has 2 fully saturated rings. The number of rotatable bonds is 3. The highest BCUT2D eigenvalue weighted by molar-refractivity contribution is 5.88. The highest BCUT2D eigenvalue weighted by Crippen LogP contribution is 2.45. The molecule has 2 nitrogen and oxygen atoms in total. The van der Waals surface area contributed by atoms with Gasteiger partial charge in [0.1, 0.15) is 5.78 Å². The topological polar surface area (TPSA) is 43.1 Å². The molecule has 2 rings (SSSR count). The van der Waals surface area contributed by atoms with Gasteiger partial charge >= 0.3 is 0 Å². The van der Waals surface area contributed by atoms with Crippen LogP contribution < -0.4 is 5.73 Å². The second-order valence-corrected chi connectivity index (χ2v) is 4.68. The van der Waals surface area contributed by atoms with Crippen LogP contribution in [-0.2, 0) is 4.79 Å². The van der Waals surface area contributed by atoms with Gasteiger partial charge in [-0.05, 0) is 25.7 Å². The van der Waals surface area contributed by atoms with Crippen molar-refractivity contribution in [2.75, 3.05) is 6.54 Å².